The average Bonchev–Trinajstić information content (AvgIpc) is 2.51. The highest BCUT2D eigenvalue weighted by Gasteiger charge is 2.17. The Morgan fingerprint density at radius 1 is 1.25 bits per heavy atom. The molecule has 8 heteroatoms. The molecule has 0 spiro atoms. The van der Waals surface area contributed by atoms with Gasteiger partial charge in [0.2, 0.25) is 0 Å². The molecule has 0 aliphatic carbocycles. The first kappa shape index (κ1) is 17.8. The number of nitro groups is 1. The van der Waals surface area contributed by atoms with Crippen molar-refractivity contribution in [3.05, 3.63) is 68.2 Å². The number of amides is 1. The van der Waals surface area contributed by atoms with Gasteiger partial charge in [-0.3, -0.25) is 20.2 Å². The van der Waals surface area contributed by atoms with Crippen LogP contribution >= 0.6 is 23.8 Å². The van der Waals surface area contributed by atoms with Crippen LogP contribution in [-0.4, -0.2) is 15.9 Å². The summed E-state index contributed by atoms with van der Waals surface area (Å²) in [5.41, 5.74) is 2.63. The zero-order valence-corrected chi connectivity index (χ0v) is 14.5. The smallest absolute Gasteiger partial charge is 0.288 e. The molecule has 0 aliphatic heterocycles. The molecule has 0 radical (unpaired) electrons. The maximum Gasteiger partial charge on any atom is 0.288 e. The zero-order chi connectivity index (χ0) is 17.9. The molecule has 2 N–H and O–H groups in total. The fourth-order valence-electron chi connectivity index (χ4n) is 2.01. The van der Waals surface area contributed by atoms with Gasteiger partial charge in [-0.2, -0.15) is 0 Å². The quantitative estimate of drug-likeness (QED) is 0.489. The monoisotopic (exact) mass is 363 g/mol. The van der Waals surface area contributed by atoms with Crippen LogP contribution in [0.25, 0.3) is 0 Å². The molecule has 24 heavy (non-hydrogen) atoms. The van der Waals surface area contributed by atoms with E-state index in [0.717, 1.165) is 22.9 Å². The van der Waals surface area contributed by atoms with E-state index in [-0.39, 0.29) is 21.4 Å². The first-order valence-corrected chi connectivity index (χ1v) is 7.70. The standard InChI is InChI=1S/C16H14ClN3O3S/c1-9-4-3-5-13(10(9)2)18-16(24)19-15(21)11-6-7-12(17)14(8-11)20(22)23/h3-8H,1-2H3,(H2,18,19,21,24). The second-order valence-corrected chi connectivity index (χ2v) is 5.89. The lowest BCUT2D eigenvalue weighted by atomic mass is 10.1. The number of hydrogen-bond donors (Lipinski definition) is 2. The van der Waals surface area contributed by atoms with Gasteiger partial charge < -0.3 is 5.32 Å². The molecular weight excluding hydrogens is 350 g/mol. The maximum absolute atomic E-state index is 12.2. The maximum atomic E-state index is 12.2. The summed E-state index contributed by atoms with van der Waals surface area (Å²) in [6, 6.07) is 9.49. The van der Waals surface area contributed by atoms with E-state index in [2.05, 4.69) is 10.6 Å². The van der Waals surface area contributed by atoms with Crippen molar-refractivity contribution >= 4 is 46.2 Å². The number of carbonyl (C=O) groups is 1. The van der Waals surface area contributed by atoms with E-state index in [1.54, 1.807) is 0 Å². The molecule has 0 atom stereocenters. The van der Waals surface area contributed by atoms with E-state index in [1.165, 1.54) is 12.1 Å². The van der Waals surface area contributed by atoms with Crippen molar-refractivity contribution in [2.45, 2.75) is 13.8 Å². The fourth-order valence-corrected chi connectivity index (χ4v) is 2.40. The largest absolute Gasteiger partial charge is 0.332 e. The zero-order valence-electron chi connectivity index (χ0n) is 12.9. The van der Waals surface area contributed by atoms with Gasteiger partial charge in [0, 0.05) is 17.3 Å². The van der Waals surface area contributed by atoms with Crippen LogP contribution in [0, 0.1) is 24.0 Å². The summed E-state index contributed by atoms with van der Waals surface area (Å²) >= 11 is 10.9. The van der Waals surface area contributed by atoms with Gasteiger partial charge in [-0.05, 0) is 55.4 Å². The Bertz CT molecular complexity index is 839. The van der Waals surface area contributed by atoms with Crippen LogP contribution in [0.5, 0.6) is 0 Å². The summed E-state index contributed by atoms with van der Waals surface area (Å²) in [6.45, 7) is 3.90. The number of aryl methyl sites for hydroxylation is 1. The van der Waals surface area contributed by atoms with Crippen LogP contribution in [0.15, 0.2) is 36.4 Å². The van der Waals surface area contributed by atoms with Gasteiger partial charge >= 0.3 is 0 Å². The number of anilines is 1. The van der Waals surface area contributed by atoms with Crippen molar-refractivity contribution in [3.8, 4) is 0 Å². The molecule has 0 fully saturated rings. The summed E-state index contributed by atoms with van der Waals surface area (Å²) in [4.78, 5) is 22.4. The van der Waals surface area contributed by atoms with Gasteiger partial charge in [-0.25, -0.2) is 0 Å². The topological polar surface area (TPSA) is 84.3 Å². The van der Waals surface area contributed by atoms with E-state index in [4.69, 9.17) is 23.8 Å². The second-order valence-electron chi connectivity index (χ2n) is 5.08. The SMILES string of the molecule is Cc1cccc(NC(=S)NC(=O)c2ccc(Cl)c([N+](=O)[O-])c2)c1C. The highest BCUT2D eigenvalue weighted by molar-refractivity contribution is 7.80. The van der Waals surface area contributed by atoms with E-state index in [1.807, 2.05) is 32.0 Å². The molecule has 1 amide bonds. The fraction of sp³-hybridized carbons (Fsp3) is 0.125. The third kappa shape index (κ3) is 4.06. The normalized spacial score (nSPS) is 10.1. The molecule has 6 nitrogen and oxygen atoms in total. The number of nitro benzene ring substituents is 1. The van der Waals surface area contributed by atoms with Crippen LogP contribution in [0.3, 0.4) is 0 Å². The van der Waals surface area contributed by atoms with Crippen molar-refractivity contribution in [2.75, 3.05) is 5.32 Å². The Hall–Kier alpha value is -2.51. The number of hydrogen-bond acceptors (Lipinski definition) is 4. The van der Waals surface area contributed by atoms with Crippen LogP contribution in [-0.2, 0) is 0 Å². The highest BCUT2D eigenvalue weighted by Crippen LogP contribution is 2.25. The summed E-state index contributed by atoms with van der Waals surface area (Å²) in [7, 11) is 0. The van der Waals surface area contributed by atoms with Crippen molar-refractivity contribution in [2.24, 2.45) is 0 Å². The van der Waals surface area contributed by atoms with Gasteiger partial charge in [-0.1, -0.05) is 23.7 Å². The predicted molar refractivity (Wildman–Crippen MR) is 97.7 cm³/mol. The van der Waals surface area contributed by atoms with Gasteiger partial charge in [0.05, 0.1) is 4.92 Å². The minimum atomic E-state index is -0.647. The van der Waals surface area contributed by atoms with Crippen LogP contribution in [0.1, 0.15) is 21.5 Å². The summed E-state index contributed by atoms with van der Waals surface area (Å²) in [5.74, 6) is -0.558. The van der Waals surface area contributed by atoms with Crippen molar-refractivity contribution in [3.63, 3.8) is 0 Å². The third-order valence-corrected chi connectivity index (χ3v) is 4.01. The van der Waals surface area contributed by atoms with Crippen LogP contribution in [0.4, 0.5) is 11.4 Å². The first-order valence-electron chi connectivity index (χ1n) is 6.92. The Morgan fingerprint density at radius 2 is 1.96 bits per heavy atom. The summed E-state index contributed by atoms with van der Waals surface area (Å²) < 4.78 is 0. The van der Waals surface area contributed by atoms with E-state index in [0.29, 0.717) is 0 Å². The summed E-state index contributed by atoms with van der Waals surface area (Å²) in [6.07, 6.45) is 0. The molecule has 2 aromatic carbocycles. The minimum Gasteiger partial charge on any atom is -0.332 e. The minimum absolute atomic E-state index is 0.0346. The number of rotatable bonds is 3. The highest BCUT2D eigenvalue weighted by atomic mass is 35.5. The number of nitrogens with zero attached hydrogens (tertiary/aromatic N) is 1. The molecule has 2 rings (SSSR count). The number of nitrogens with one attached hydrogen (secondary N) is 2. The average molecular weight is 364 g/mol. The number of thiocarbonyl (C=S) groups is 1. The molecule has 0 bridgehead atoms. The Kier molecular flexibility index (Phi) is 5.48. The Morgan fingerprint density at radius 3 is 2.62 bits per heavy atom. The van der Waals surface area contributed by atoms with Crippen molar-refractivity contribution in [1.29, 1.82) is 0 Å². The van der Waals surface area contributed by atoms with Gasteiger partial charge in [0.1, 0.15) is 5.02 Å². The molecule has 0 aromatic heterocycles. The Labute approximate surface area is 149 Å². The number of halogens is 1. The molecule has 0 saturated carbocycles. The molecule has 0 unspecified atom stereocenters. The van der Waals surface area contributed by atoms with Gasteiger partial charge in [0.15, 0.2) is 5.11 Å². The molecule has 0 saturated heterocycles. The lowest BCUT2D eigenvalue weighted by molar-refractivity contribution is -0.384. The van der Waals surface area contributed by atoms with Crippen LogP contribution < -0.4 is 10.6 Å². The molecular formula is C16H14ClN3O3S. The lowest BCUT2D eigenvalue weighted by Gasteiger charge is -2.13. The van der Waals surface area contributed by atoms with E-state index >= 15 is 0 Å². The number of carbonyl (C=O) groups excluding carboxylic acids is 1. The molecule has 0 heterocycles. The summed E-state index contributed by atoms with van der Waals surface area (Å²) in [5, 5.41) is 16.4. The number of benzene rings is 2. The van der Waals surface area contributed by atoms with Crippen LogP contribution in [0.2, 0.25) is 5.02 Å². The van der Waals surface area contributed by atoms with E-state index in [9.17, 15) is 14.9 Å². The van der Waals surface area contributed by atoms with Crippen molar-refractivity contribution in [1.82, 2.24) is 5.32 Å². The third-order valence-electron chi connectivity index (χ3n) is 3.48. The van der Waals surface area contributed by atoms with E-state index < -0.39 is 10.8 Å². The molecule has 0 aliphatic rings. The molecule has 124 valence electrons. The second kappa shape index (κ2) is 7.37. The van der Waals surface area contributed by atoms with Crippen molar-refractivity contribution < 1.29 is 9.72 Å². The predicted octanol–water partition coefficient (Wildman–Crippen LogP) is 3.99. The van der Waals surface area contributed by atoms with Gasteiger partial charge in [0.25, 0.3) is 11.6 Å². The molecule has 2 aromatic rings. The van der Waals surface area contributed by atoms with Gasteiger partial charge in [-0.15, -0.1) is 0 Å². The first-order chi connectivity index (χ1) is 11.3. The lowest BCUT2D eigenvalue weighted by Crippen LogP contribution is -2.34. The Balaban J connectivity index is 2.12.